The van der Waals surface area contributed by atoms with Gasteiger partial charge in [-0.05, 0) is 160 Å². The molecule has 0 saturated carbocycles. The predicted octanol–water partition coefficient (Wildman–Crippen LogP) is 21.1. The molecule has 0 unspecified atom stereocenters. The van der Waals surface area contributed by atoms with Crippen molar-refractivity contribution in [3.63, 3.8) is 0 Å². The Morgan fingerprint density at radius 1 is 0.215 bits per heavy atom. The molecule has 0 spiro atoms. The standard InChI is InChI=1S/C76H46N2O/c1-3-21-49(22-4-1)77-65-37-17-15-33-60(65)75-62(35-19-39-67(75)77)73-56-29-11-7-25-52(56)71(53-26-8-12-30-57(53)73)47-42-44-69-64(45-47)51-43-41-48(46-70(51)79-69)72-54-27-9-13-31-58(54)74(59-32-14-10-28-55(59)72)63-36-20-40-68-76(63)61-34-16-18-38-66(61)78(68)50-23-5-2-6-24-50/h1-46H. The van der Waals surface area contributed by atoms with Crippen molar-refractivity contribution >= 4 is 109 Å². The van der Waals surface area contributed by atoms with Gasteiger partial charge in [-0.15, -0.1) is 0 Å². The molecule has 3 nitrogen and oxygen atoms in total. The minimum atomic E-state index is 0.869. The summed E-state index contributed by atoms with van der Waals surface area (Å²) in [7, 11) is 0. The van der Waals surface area contributed by atoms with E-state index in [1.165, 1.54) is 120 Å². The first-order chi connectivity index (χ1) is 39.2. The van der Waals surface area contributed by atoms with Crippen LogP contribution in [-0.2, 0) is 0 Å². The summed E-state index contributed by atoms with van der Waals surface area (Å²) in [6.45, 7) is 0. The monoisotopic (exact) mass is 1000 g/mol. The molecular formula is C76H46N2O. The maximum atomic E-state index is 6.91. The van der Waals surface area contributed by atoms with Crippen LogP contribution in [0.15, 0.2) is 283 Å². The van der Waals surface area contributed by atoms with Crippen LogP contribution in [0.5, 0.6) is 0 Å². The van der Waals surface area contributed by atoms with Crippen molar-refractivity contribution in [1.82, 2.24) is 9.13 Å². The molecule has 0 fully saturated rings. The molecule has 0 aliphatic heterocycles. The van der Waals surface area contributed by atoms with Gasteiger partial charge in [-0.2, -0.15) is 0 Å². The highest BCUT2D eigenvalue weighted by molar-refractivity contribution is 6.29. The zero-order valence-electron chi connectivity index (χ0n) is 42.9. The van der Waals surface area contributed by atoms with E-state index >= 15 is 0 Å². The van der Waals surface area contributed by atoms with E-state index in [4.69, 9.17) is 4.42 Å². The fourth-order valence-electron chi connectivity index (χ4n) is 13.7. The van der Waals surface area contributed by atoms with E-state index in [-0.39, 0.29) is 0 Å². The van der Waals surface area contributed by atoms with Gasteiger partial charge in [0.05, 0.1) is 22.1 Å². The number of rotatable bonds is 6. The molecule has 0 amide bonds. The molecule has 14 aromatic carbocycles. The van der Waals surface area contributed by atoms with Gasteiger partial charge in [0, 0.05) is 43.7 Å². The first-order valence-corrected chi connectivity index (χ1v) is 27.2. The molecule has 366 valence electrons. The molecular weight excluding hydrogens is 957 g/mol. The van der Waals surface area contributed by atoms with Crippen LogP contribution in [-0.4, -0.2) is 9.13 Å². The average Bonchev–Trinajstić information content (AvgIpc) is 4.34. The third-order valence-electron chi connectivity index (χ3n) is 16.9. The van der Waals surface area contributed by atoms with E-state index in [0.717, 1.165) is 44.4 Å². The quantitative estimate of drug-likeness (QED) is 0.152. The van der Waals surface area contributed by atoms with E-state index in [1.807, 2.05) is 0 Å². The van der Waals surface area contributed by atoms with Crippen molar-refractivity contribution < 1.29 is 4.42 Å². The molecule has 0 radical (unpaired) electrons. The summed E-state index contributed by atoms with van der Waals surface area (Å²) in [5, 5.41) is 16.9. The van der Waals surface area contributed by atoms with Crippen LogP contribution in [0.4, 0.5) is 0 Å². The zero-order valence-corrected chi connectivity index (χ0v) is 42.9. The Labute approximate surface area is 454 Å². The molecule has 3 aromatic heterocycles. The molecule has 0 N–H and O–H groups in total. The highest BCUT2D eigenvalue weighted by atomic mass is 16.3. The summed E-state index contributed by atoms with van der Waals surface area (Å²) in [5.74, 6) is 0. The van der Waals surface area contributed by atoms with E-state index in [2.05, 4.69) is 288 Å². The fourth-order valence-corrected chi connectivity index (χ4v) is 13.7. The lowest BCUT2D eigenvalue weighted by molar-refractivity contribution is 0.669. The van der Waals surface area contributed by atoms with Gasteiger partial charge in [-0.1, -0.05) is 206 Å². The van der Waals surface area contributed by atoms with Crippen molar-refractivity contribution in [2.75, 3.05) is 0 Å². The van der Waals surface area contributed by atoms with Crippen molar-refractivity contribution in [2.45, 2.75) is 0 Å². The summed E-state index contributed by atoms with van der Waals surface area (Å²) >= 11 is 0. The molecule has 3 heteroatoms. The minimum Gasteiger partial charge on any atom is -0.456 e. The van der Waals surface area contributed by atoms with Crippen LogP contribution in [0.25, 0.3) is 165 Å². The van der Waals surface area contributed by atoms with Gasteiger partial charge in [0.1, 0.15) is 11.2 Å². The number of para-hydroxylation sites is 4. The third-order valence-corrected chi connectivity index (χ3v) is 16.9. The molecule has 0 aliphatic carbocycles. The largest absolute Gasteiger partial charge is 0.456 e. The topological polar surface area (TPSA) is 23.0 Å². The van der Waals surface area contributed by atoms with E-state index in [1.54, 1.807) is 0 Å². The summed E-state index contributed by atoms with van der Waals surface area (Å²) in [5.41, 5.74) is 18.5. The first-order valence-electron chi connectivity index (χ1n) is 27.2. The molecule has 0 saturated heterocycles. The van der Waals surface area contributed by atoms with Gasteiger partial charge < -0.3 is 13.6 Å². The minimum absolute atomic E-state index is 0.869. The molecule has 79 heavy (non-hydrogen) atoms. The average molecular weight is 1000 g/mol. The maximum absolute atomic E-state index is 6.91. The van der Waals surface area contributed by atoms with E-state index < -0.39 is 0 Å². The van der Waals surface area contributed by atoms with Crippen molar-refractivity contribution in [3.8, 4) is 55.9 Å². The summed E-state index contributed by atoms with van der Waals surface area (Å²) in [6.07, 6.45) is 0. The number of hydrogen-bond donors (Lipinski definition) is 0. The SMILES string of the molecule is c1ccc(-n2c3ccccc3c3c(-c4c5ccccc5c(-c5ccc6c(c5)oc5ccc(-c7c8ccccc8c(-c8cccc9c8c8ccccc8n9-c8ccccc8)c8ccccc78)cc56)c5ccccc45)cccc32)cc1. The van der Waals surface area contributed by atoms with E-state index in [0.29, 0.717) is 0 Å². The Hall–Kier alpha value is -10.5. The lowest BCUT2D eigenvalue weighted by atomic mass is 9.84. The number of hydrogen-bond acceptors (Lipinski definition) is 1. The Balaban J connectivity index is 0.840. The molecule has 17 rings (SSSR count). The lowest BCUT2D eigenvalue weighted by Crippen LogP contribution is -1.93. The van der Waals surface area contributed by atoms with Crippen LogP contribution in [0.2, 0.25) is 0 Å². The molecule has 0 bridgehead atoms. The van der Waals surface area contributed by atoms with Gasteiger partial charge in [-0.3, -0.25) is 0 Å². The highest BCUT2D eigenvalue weighted by Crippen LogP contribution is 2.51. The molecule has 3 heterocycles. The highest BCUT2D eigenvalue weighted by Gasteiger charge is 2.25. The number of furan rings is 1. The molecule has 0 atom stereocenters. The Morgan fingerprint density at radius 3 is 1.01 bits per heavy atom. The van der Waals surface area contributed by atoms with Gasteiger partial charge in [-0.25, -0.2) is 0 Å². The Kier molecular flexibility index (Phi) is 9.42. The van der Waals surface area contributed by atoms with Gasteiger partial charge in [0.15, 0.2) is 0 Å². The third kappa shape index (κ3) is 6.36. The van der Waals surface area contributed by atoms with Crippen molar-refractivity contribution in [1.29, 1.82) is 0 Å². The van der Waals surface area contributed by atoms with Gasteiger partial charge in [0.25, 0.3) is 0 Å². The summed E-state index contributed by atoms with van der Waals surface area (Å²) < 4.78 is 11.7. The number of fused-ring (bicyclic) bond motifs is 13. The maximum Gasteiger partial charge on any atom is 0.136 e. The van der Waals surface area contributed by atoms with Crippen LogP contribution in [0, 0.1) is 0 Å². The van der Waals surface area contributed by atoms with E-state index in [9.17, 15) is 0 Å². The second-order valence-electron chi connectivity index (χ2n) is 21.0. The second-order valence-corrected chi connectivity index (χ2v) is 21.0. The summed E-state index contributed by atoms with van der Waals surface area (Å²) in [6, 6.07) is 102. The molecule has 17 aromatic rings. The second kappa shape index (κ2) is 17.0. The van der Waals surface area contributed by atoms with Crippen LogP contribution in [0.1, 0.15) is 0 Å². The number of benzene rings is 14. The van der Waals surface area contributed by atoms with Crippen molar-refractivity contribution in [3.05, 3.63) is 279 Å². The number of aromatic nitrogens is 2. The number of nitrogens with zero attached hydrogens (tertiary/aromatic N) is 2. The summed E-state index contributed by atoms with van der Waals surface area (Å²) in [4.78, 5) is 0. The smallest absolute Gasteiger partial charge is 0.136 e. The molecule has 0 aliphatic rings. The van der Waals surface area contributed by atoms with Crippen LogP contribution < -0.4 is 0 Å². The normalized spacial score (nSPS) is 12.1. The zero-order chi connectivity index (χ0) is 51.7. The first kappa shape index (κ1) is 43.7. The Morgan fingerprint density at radius 2 is 0.570 bits per heavy atom. The predicted molar refractivity (Wildman–Crippen MR) is 334 cm³/mol. The van der Waals surface area contributed by atoms with Gasteiger partial charge >= 0.3 is 0 Å². The fraction of sp³-hybridized carbons (Fsp3) is 0. The van der Waals surface area contributed by atoms with Crippen LogP contribution in [0.3, 0.4) is 0 Å². The van der Waals surface area contributed by atoms with Crippen LogP contribution >= 0.6 is 0 Å². The van der Waals surface area contributed by atoms with Crippen molar-refractivity contribution in [2.24, 2.45) is 0 Å². The Bertz CT molecular complexity index is 5250. The van der Waals surface area contributed by atoms with Gasteiger partial charge in [0.2, 0.25) is 0 Å². The lowest BCUT2D eigenvalue weighted by Gasteiger charge is -2.18.